The van der Waals surface area contributed by atoms with E-state index in [1.54, 1.807) is 19.1 Å². The van der Waals surface area contributed by atoms with E-state index in [1.807, 2.05) is 13.1 Å². The number of nitro benzene ring substituents is 1. The number of carbonyl (C=O) groups excluding carboxylic acids is 1. The second-order valence-corrected chi connectivity index (χ2v) is 6.87. The van der Waals surface area contributed by atoms with Gasteiger partial charge in [0, 0.05) is 17.7 Å². The van der Waals surface area contributed by atoms with E-state index < -0.39 is 11.0 Å². The van der Waals surface area contributed by atoms with E-state index in [9.17, 15) is 14.9 Å². The molecule has 27 heavy (non-hydrogen) atoms. The first-order chi connectivity index (χ1) is 12.7. The molecule has 0 radical (unpaired) electrons. The van der Waals surface area contributed by atoms with Gasteiger partial charge >= 0.3 is 0 Å². The van der Waals surface area contributed by atoms with Crippen LogP contribution < -0.4 is 15.0 Å². The van der Waals surface area contributed by atoms with Crippen LogP contribution in [0.25, 0.3) is 0 Å². The van der Waals surface area contributed by atoms with Crippen LogP contribution in [0.4, 0.5) is 11.4 Å². The zero-order valence-electron chi connectivity index (χ0n) is 15.1. The lowest BCUT2D eigenvalue weighted by atomic mass is 10.1. The fraction of sp³-hybridized carbons (Fsp3) is 0.278. The van der Waals surface area contributed by atoms with Gasteiger partial charge in [0.1, 0.15) is 12.3 Å². The molecule has 2 aromatic carbocycles. The monoisotopic (exact) mass is 412 g/mol. The Kier molecular flexibility index (Phi) is 7.01. The van der Waals surface area contributed by atoms with Crippen LogP contribution >= 0.6 is 23.2 Å². The van der Waals surface area contributed by atoms with Crippen molar-refractivity contribution < 1.29 is 19.4 Å². The molecule has 0 aliphatic heterocycles. The number of quaternary nitrogens is 1. The van der Waals surface area contributed by atoms with Gasteiger partial charge in [0.05, 0.1) is 34.8 Å². The molecule has 0 saturated carbocycles. The normalized spacial score (nSPS) is 12.9. The molecule has 2 aromatic rings. The van der Waals surface area contributed by atoms with Crippen LogP contribution in [0.5, 0.6) is 5.75 Å². The quantitative estimate of drug-likeness (QED) is 0.540. The Morgan fingerprint density at radius 3 is 2.67 bits per heavy atom. The predicted octanol–water partition coefficient (Wildman–Crippen LogP) is 2.95. The van der Waals surface area contributed by atoms with Crippen molar-refractivity contribution in [3.05, 3.63) is 62.1 Å². The second kappa shape index (κ2) is 9.03. The summed E-state index contributed by atoms with van der Waals surface area (Å²) >= 11 is 12.2. The summed E-state index contributed by atoms with van der Waals surface area (Å²) in [5.41, 5.74) is 0.941. The Bertz CT molecular complexity index is 860. The minimum atomic E-state index is -0.531. The minimum absolute atomic E-state index is 0.134. The molecule has 1 amide bonds. The number of amides is 1. The van der Waals surface area contributed by atoms with Crippen molar-refractivity contribution in [2.45, 2.75) is 19.5 Å². The number of non-ortho nitro benzene ring substituents is 1. The van der Waals surface area contributed by atoms with Gasteiger partial charge in [0.2, 0.25) is 0 Å². The van der Waals surface area contributed by atoms with E-state index in [0.29, 0.717) is 22.3 Å². The fourth-order valence-corrected chi connectivity index (χ4v) is 2.90. The highest BCUT2D eigenvalue weighted by atomic mass is 35.5. The zero-order valence-corrected chi connectivity index (χ0v) is 16.6. The second-order valence-electron chi connectivity index (χ2n) is 6.09. The standard InChI is InChI=1S/C18H19Cl2N3O4/c1-11(22(2)10-12-5-4-6-14(19)17(12)20)18(24)21-15-9-13(23(25)26)7-8-16(15)27-3/h4-9,11H,10H2,1-3H3,(H,21,24)/p+1/t11-/m1/s1. The predicted molar refractivity (Wildman–Crippen MR) is 105 cm³/mol. The Morgan fingerprint density at radius 2 is 2.04 bits per heavy atom. The van der Waals surface area contributed by atoms with Crippen LogP contribution in [0.3, 0.4) is 0 Å². The number of halogens is 2. The summed E-state index contributed by atoms with van der Waals surface area (Å²) in [6.07, 6.45) is 0. The number of hydrogen-bond acceptors (Lipinski definition) is 4. The first-order valence-electron chi connectivity index (χ1n) is 8.13. The topological polar surface area (TPSA) is 85.9 Å². The third-order valence-electron chi connectivity index (χ3n) is 4.29. The van der Waals surface area contributed by atoms with Gasteiger partial charge in [0.15, 0.2) is 6.04 Å². The fourth-order valence-electron chi connectivity index (χ4n) is 2.51. The summed E-state index contributed by atoms with van der Waals surface area (Å²) in [5.74, 6) is 0.0427. The van der Waals surface area contributed by atoms with E-state index in [4.69, 9.17) is 27.9 Å². The lowest BCUT2D eigenvalue weighted by Gasteiger charge is -2.22. The van der Waals surface area contributed by atoms with Crippen LogP contribution in [0.1, 0.15) is 12.5 Å². The first kappa shape index (κ1) is 21.0. The van der Waals surface area contributed by atoms with Crippen LogP contribution in [0, 0.1) is 10.1 Å². The zero-order chi connectivity index (χ0) is 20.1. The van der Waals surface area contributed by atoms with Crippen molar-refractivity contribution in [3.8, 4) is 5.75 Å². The van der Waals surface area contributed by atoms with Crippen LogP contribution in [-0.2, 0) is 11.3 Å². The lowest BCUT2D eigenvalue weighted by molar-refractivity contribution is -0.907. The number of ether oxygens (including phenoxy) is 1. The first-order valence-corrected chi connectivity index (χ1v) is 8.88. The van der Waals surface area contributed by atoms with Crippen molar-refractivity contribution in [2.75, 3.05) is 19.5 Å². The summed E-state index contributed by atoms with van der Waals surface area (Å²) in [4.78, 5) is 23.9. The average molecular weight is 413 g/mol. The molecule has 144 valence electrons. The highest BCUT2D eigenvalue weighted by Gasteiger charge is 2.24. The van der Waals surface area contributed by atoms with Gasteiger partial charge in [-0.1, -0.05) is 35.3 Å². The highest BCUT2D eigenvalue weighted by molar-refractivity contribution is 6.42. The third kappa shape index (κ3) is 5.09. The molecule has 2 N–H and O–H groups in total. The molecule has 0 saturated heterocycles. The van der Waals surface area contributed by atoms with Crippen LogP contribution in [0.2, 0.25) is 10.0 Å². The smallest absolute Gasteiger partial charge is 0.282 e. The van der Waals surface area contributed by atoms with Crippen LogP contribution in [-0.4, -0.2) is 31.0 Å². The van der Waals surface area contributed by atoms with E-state index in [-0.39, 0.29) is 17.3 Å². The van der Waals surface area contributed by atoms with Gasteiger partial charge in [-0.05, 0) is 19.1 Å². The minimum Gasteiger partial charge on any atom is -0.495 e. The molecular formula is C18H20Cl2N3O4+. The molecule has 2 rings (SSSR count). The molecule has 9 heteroatoms. The number of rotatable bonds is 7. The maximum atomic E-state index is 12.6. The molecule has 0 aromatic heterocycles. The van der Waals surface area contributed by atoms with Gasteiger partial charge in [0.25, 0.3) is 11.6 Å². The summed E-state index contributed by atoms with van der Waals surface area (Å²) in [5, 5.41) is 14.6. The number of nitrogens with zero attached hydrogens (tertiary/aromatic N) is 1. The number of carbonyl (C=O) groups is 1. The summed E-state index contributed by atoms with van der Waals surface area (Å²) in [6.45, 7) is 2.24. The lowest BCUT2D eigenvalue weighted by Crippen LogP contribution is -3.12. The van der Waals surface area contributed by atoms with E-state index >= 15 is 0 Å². The number of nitro groups is 1. The number of methoxy groups -OCH3 is 1. The molecule has 1 unspecified atom stereocenters. The van der Waals surface area contributed by atoms with E-state index in [2.05, 4.69) is 5.32 Å². The van der Waals surface area contributed by atoms with Gasteiger partial charge < -0.3 is 15.0 Å². The average Bonchev–Trinajstić information content (AvgIpc) is 2.64. The molecule has 0 spiro atoms. The van der Waals surface area contributed by atoms with E-state index in [1.165, 1.54) is 25.3 Å². The SMILES string of the molecule is COc1ccc([N+](=O)[O-])cc1NC(=O)[C@@H](C)[NH+](C)Cc1cccc(Cl)c1Cl. The Hall–Kier alpha value is -2.35. The molecule has 0 aliphatic carbocycles. The Balaban J connectivity index is 2.14. The molecule has 2 atom stereocenters. The summed E-state index contributed by atoms with van der Waals surface area (Å²) in [6, 6.07) is 8.93. The van der Waals surface area contributed by atoms with E-state index in [0.717, 1.165) is 10.5 Å². The van der Waals surface area contributed by atoms with Crippen molar-refractivity contribution in [2.24, 2.45) is 0 Å². The molecule has 0 bridgehead atoms. The highest BCUT2D eigenvalue weighted by Crippen LogP contribution is 2.29. The Labute approximate surface area is 167 Å². The maximum absolute atomic E-state index is 12.6. The van der Waals surface area contributed by atoms with Gasteiger partial charge in [-0.2, -0.15) is 0 Å². The van der Waals surface area contributed by atoms with Crippen molar-refractivity contribution in [1.82, 2.24) is 0 Å². The number of nitrogens with one attached hydrogen (secondary N) is 2. The number of anilines is 1. The Morgan fingerprint density at radius 1 is 1.33 bits per heavy atom. The molecule has 0 aliphatic rings. The molecular weight excluding hydrogens is 393 g/mol. The summed E-state index contributed by atoms with van der Waals surface area (Å²) in [7, 11) is 3.28. The van der Waals surface area contributed by atoms with Crippen molar-refractivity contribution in [3.63, 3.8) is 0 Å². The number of likely N-dealkylation sites (N-methyl/N-ethyl adjacent to an activating group) is 1. The molecule has 7 nitrogen and oxygen atoms in total. The van der Waals surface area contributed by atoms with Crippen LogP contribution in [0.15, 0.2) is 36.4 Å². The largest absolute Gasteiger partial charge is 0.495 e. The van der Waals surface area contributed by atoms with Crippen molar-refractivity contribution >= 4 is 40.5 Å². The molecule has 0 heterocycles. The number of hydrogen-bond donors (Lipinski definition) is 2. The van der Waals surface area contributed by atoms with Gasteiger partial charge in [-0.3, -0.25) is 14.9 Å². The third-order valence-corrected chi connectivity index (χ3v) is 5.14. The van der Waals surface area contributed by atoms with Crippen molar-refractivity contribution in [1.29, 1.82) is 0 Å². The number of benzene rings is 2. The summed E-state index contributed by atoms with van der Waals surface area (Å²) < 4.78 is 5.17. The maximum Gasteiger partial charge on any atom is 0.282 e. The molecule has 0 fully saturated rings. The van der Waals surface area contributed by atoms with Gasteiger partial charge in [-0.25, -0.2) is 0 Å². The van der Waals surface area contributed by atoms with Gasteiger partial charge in [-0.15, -0.1) is 0 Å².